The van der Waals surface area contributed by atoms with Crippen molar-refractivity contribution < 1.29 is 9.63 Å². The first-order valence-electron chi connectivity index (χ1n) is 10.9. The van der Waals surface area contributed by atoms with Crippen LogP contribution >= 0.6 is 11.6 Å². The maximum Gasteiger partial charge on any atom is 0.246 e. The van der Waals surface area contributed by atoms with Crippen LogP contribution in [0.25, 0.3) is 6.08 Å². The molecule has 1 aromatic heterocycles. The quantitative estimate of drug-likeness (QED) is 0.670. The van der Waals surface area contributed by atoms with E-state index in [9.17, 15) is 4.79 Å². The molecule has 170 valence electrons. The van der Waals surface area contributed by atoms with E-state index >= 15 is 0 Å². The van der Waals surface area contributed by atoms with Crippen LogP contribution in [0.15, 0.2) is 29.3 Å². The number of halogens is 1. The summed E-state index contributed by atoms with van der Waals surface area (Å²) in [4.78, 5) is 26.6. The maximum atomic E-state index is 12.9. The average molecular weight is 458 g/mol. The number of aromatic nitrogens is 4. The van der Waals surface area contributed by atoms with Crippen LogP contribution in [-0.4, -0.2) is 56.2 Å². The zero-order chi connectivity index (χ0) is 22.7. The molecular formula is C22H28ClN7O2. The summed E-state index contributed by atoms with van der Waals surface area (Å²) in [5, 5.41) is 12.8. The molecule has 1 saturated heterocycles. The minimum Gasteiger partial charge on any atom is -0.339 e. The van der Waals surface area contributed by atoms with E-state index in [1.54, 1.807) is 19.1 Å². The van der Waals surface area contributed by atoms with Crippen LogP contribution in [0.2, 0.25) is 5.02 Å². The lowest BCUT2D eigenvalue weighted by Crippen LogP contribution is -2.43. The highest BCUT2D eigenvalue weighted by Gasteiger charge is 2.33. The van der Waals surface area contributed by atoms with E-state index in [2.05, 4.69) is 39.7 Å². The molecule has 32 heavy (non-hydrogen) atoms. The number of nitrogens with zero attached hydrogens (tertiary/aromatic N) is 6. The molecule has 2 aromatic rings. The summed E-state index contributed by atoms with van der Waals surface area (Å²) in [6.45, 7) is 7.71. The first kappa shape index (κ1) is 22.4. The highest BCUT2D eigenvalue weighted by Crippen LogP contribution is 2.25. The Balaban J connectivity index is 1.43. The molecule has 0 spiro atoms. The number of rotatable bonds is 6. The molecule has 1 amide bonds. The third-order valence-corrected chi connectivity index (χ3v) is 5.88. The van der Waals surface area contributed by atoms with E-state index < -0.39 is 0 Å². The van der Waals surface area contributed by atoms with Gasteiger partial charge in [0.25, 0.3) is 0 Å². The van der Waals surface area contributed by atoms with Gasteiger partial charge in [0.2, 0.25) is 5.91 Å². The summed E-state index contributed by atoms with van der Waals surface area (Å²) < 4.78 is 0. The van der Waals surface area contributed by atoms with Crippen molar-refractivity contribution >= 4 is 29.4 Å². The Labute approximate surface area is 192 Å². The average Bonchev–Trinajstić information content (AvgIpc) is 3.42. The molecule has 0 bridgehead atoms. The maximum absolute atomic E-state index is 12.9. The number of nitrogens with one attached hydrogen (secondary N) is 1. The van der Waals surface area contributed by atoms with Gasteiger partial charge in [0.05, 0.1) is 6.54 Å². The number of likely N-dealkylation sites (tertiary alicyclic amines) is 1. The third-order valence-electron chi connectivity index (χ3n) is 5.65. The lowest BCUT2D eigenvalue weighted by atomic mass is 9.96. The van der Waals surface area contributed by atoms with Crippen molar-refractivity contribution in [3.63, 3.8) is 0 Å². The molecule has 9 nitrogen and oxygen atoms in total. The van der Waals surface area contributed by atoms with E-state index in [1.807, 2.05) is 23.1 Å². The van der Waals surface area contributed by atoms with Gasteiger partial charge in [-0.25, -0.2) is 9.83 Å². The second-order valence-corrected chi connectivity index (χ2v) is 8.95. The fourth-order valence-corrected chi connectivity index (χ4v) is 4.10. The van der Waals surface area contributed by atoms with Crippen LogP contribution in [0.1, 0.15) is 43.6 Å². The Hall–Kier alpha value is -2.78. The molecule has 1 N–H and O–H groups in total. The van der Waals surface area contributed by atoms with Crippen LogP contribution in [0.3, 0.4) is 0 Å². The number of carbonyl (C=O) groups is 1. The predicted molar refractivity (Wildman–Crippen MR) is 122 cm³/mol. The van der Waals surface area contributed by atoms with Crippen molar-refractivity contribution in [1.82, 2.24) is 30.6 Å². The fraction of sp³-hybridized carbons (Fsp3) is 0.500. The van der Waals surface area contributed by atoms with Gasteiger partial charge >= 0.3 is 0 Å². The molecule has 10 heteroatoms. The predicted octanol–water partition coefficient (Wildman–Crippen LogP) is 2.85. The van der Waals surface area contributed by atoms with E-state index in [0.717, 1.165) is 36.3 Å². The summed E-state index contributed by atoms with van der Waals surface area (Å²) >= 11 is 6.19. The number of hydroxylamine groups is 1. The SMILES string of the molecule is Cc1nnn(Cc2cc(Cl)ccc2/C=C/C(=O)N2CCC[C@H](C3N=C(C(C)C)NO3)C2)n1. The van der Waals surface area contributed by atoms with E-state index in [-0.39, 0.29) is 24.0 Å². The van der Waals surface area contributed by atoms with E-state index in [0.29, 0.717) is 23.9 Å². The van der Waals surface area contributed by atoms with E-state index in [4.69, 9.17) is 16.4 Å². The molecule has 2 atom stereocenters. The minimum absolute atomic E-state index is 0.0238. The van der Waals surface area contributed by atoms with Gasteiger partial charge in [-0.05, 0) is 54.3 Å². The van der Waals surface area contributed by atoms with Gasteiger partial charge in [0.15, 0.2) is 12.1 Å². The first-order valence-corrected chi connectivity index (χ1v) is 11.3. The number of tetrazole rings is 1. The molecule has 1 unspecified atom stereocenters. The number of carbonyl (C=O) groups excluding carboxylic acids is 1. The monoisotopic (exact) mass is 457 g/mol. The highest BCUT2D eigenvalue weighted by atomic mass is 35.5. The molecule has 2 aliphatic rings. The smallest absolute Gasteiger partial charge is 0.246 e. The van der Waals surface area contributed by atoms with Gasteiger partial charge in [-0.15, -0.1) is 10.2 Å². The standard InChI is InChI=1S/C22H28ClN7O2/c1-14(2)21-24-22(32-27-21)17-5-4-10-29(12-17)20(31)9-7-16-6-8-19(23)11-18(16)13-30-26-15(3)25-28-30/h6-9,11,14,17,22H,4-5,10,12-13H2,1-3H3,(H,24,27)/b9-7+/t17-,22?/m0/s1. The first-order chi connectivity index (χ1) is 15.4. The second kappa shape index (κ2) is 9.79. The van der Waals surface area contributed by atoms with Crippen LogP contribution in [0.4, 0.5) is 0 Å². The van der Waals surface area contributed by atoms with Gasteiger partial charge in [-0.2, -0.15) is 4.80 Å². The minimum atomic E-state index is -0.242. The number of benzene rings is 1. The van der Waals surface area contributed by atoms with Gasteiger partial charge in [0, 0.05) is 36.0 Å². The van der Waals surface area contributed by atoms with Crippen LogP contribution in [0.5, 0.6) is 0 Å². The Morgan fingerprint density at radius 2 is 2.25 bits per heavy atom. The van der Waals surface area contributed by atoms with E-state index in [1.165, 1.54) is 4.80 Å². The lowest BCUT2D eigenvalue weighted by molar-refractivity contribution is -0.129. The normalized spacial score (nSPS) is 21.3. The molecule has 1 aromatic carbocycles. The van der Waals surface area contributed by atoms with Crippen LogP contribution in [0, 0.1) is 18.8 Å². The van der Waals surface area contributed by atoms with Gasteiger partial charge < -0.3 is 4.90 Å². The number of piperidine rings is 1. The molecule has 0 saturated carbocycles. The Morgan fingerprint density at radius 3 is 2.97 bits per heavy atom. The zero-order valence-electron chi connectivity index (χ0n) is 18.5. The van der Waals surface area contributed by atoms with Crippen molar-refractivity contribution in [2.45, 2.75) is 46.4 Å². The van der Waals surface area contributed by atoms with Crippen molar-refractivity contribution in [1.29, 1.82) is 0 Å². The summed E-state index contributed by atoms with van der Waals surface area (Å²) in [5.41, 5.74) is 4.73. The lowest BCUT2D eigenvalue weighted by Gasteiger charge is -2.33. The molecular weight excluding hydrogens is 430 g/mol. The zero-order valence-corrected chi connectivity index (χ0v) is 19.3. The fourth-order valence-electron chi connectivity index (χ4n) is 3.91. The number of amides is 1. The number of hydrogen-bond acceptors (Lipinski definition) is 7. The van der Waals surface area contributed by atoms with Crippen molar-refractivity contribution in [3.8, 4) is 0 Å². The second-order valence-electron chi connectivity index (χ2n) is 8.51. The number of aliphatic imine (C=N–C) groups is 1. The van der Waals surface area contributed by atoms with Crippen molar-refractivity contribution in [2.75, 3.05) is 13.1 Å². The Bertz CT molecular complexity index is 1030. The number of hydrogen-bond donors (Lipinski definition) is 1. The van der Waals surface area contributed by atoms with Crippen molar-refractivity contribution in [3.05, 3.63) is 46.2 Å². The highest BCUT2D eigenvalue weighted by molar-refractivity contribution is 6.30. The number of amidine groups is 1. The van der Waals surface area contributed by atoms with Gasteiger partial charge in [-0.3, -0.25) is 10.3 Å². The van der Waals surface area contributed by atoms with Crippen molar-refractivity contribution in [2.24, 2.45) is 16.8 Å². The van der Waals surface area contributed by atoms with Gasteiger partial charge in [0.1, 0.15) is 5.84 Å². The number of aryl methyl sites for hydroxylation is 1. The van der Waals surface area contributed by atoms with Gasteiger partial charge in [-0.1, -0.05) is 31.5 Å². The molecule has 3 heterocycles. The Kier molecular flexibility index (Phi) is 6.86. The summed E-state index contributed by atoms with van der Waals surface area (Å²) in [7, 11) is 0. The van der Waals surface area contributed by atoms with Crippen LogP contribution in [-0.2, 0) is 16.2 Å². The Morgan fingerprint density at radius 1 is 1.41 bits per heavy atom. The summed E-state index contributed by atoms with van der Waals surface area (Å²) in [5.74, 6) is 1.91. The molecule has 4 rings (SSSR count). The molecule has 0 aliphatic carbocycles. The summed E-state index contributed by atoms with van der Waals surface area (Å²) in [6.07, 6.45) is 5.12. The third kappa shape index (κ3) is 5.34. The molecule has 1 fully saturated rings. The molecule has 2 aliphatic heterocycles. The topological polar surface area (TPSA) is 97.5 Å². The van der Waals surface area contributed by atoms with Crippen LogP contribution < -0.4 is 5.48 Å². The molecule has 0 radical (unpaired) electrons. The largest absolute Gasteiger partial charge is 0.339 e. The summed E-state index contributed by atoms with van der Waals surface area (Å²) in [6, 6.07) is 5.56.